The van der Waals surface area contributed by atoms with Gasteiger partial charge in [0.25, 0.3) is 5.69 Å². The zero-order valence-electron chi connectivity index (χ0n) is 15.4. The molecule has 1 N–H and O–H groups in total. The van der Waals surface area contributed by atoms with Crippen molar-refractivity contribution in [3.05, 3.63) is 69.3 Å². The summed E-state index contributed by atoms with van der Waals surface area (Å²) in [7, 11) is 0. The number of hydrogen-bond acceptors (Lipinski definition) is 9. The highest BCUT2D eigenvalue weighted by atomic mass is 32.1. The Morgan fingerprint density at radius 2 is 2.14 bits per heavy atom. The van der Waals surface area contributed by atoms with Crippen LogP contribution in [0.3, 0.4) is 0 Å². The minimum atomic E-state index is -0.453. The fourth-order valence-electron chi connectivity index (χ4n) is 2.46. The second-order valence-corrected chi connectivity index (χ2v) is 6.60. The highest BCUT2D eigenvalue weighted by Crippen LogP contribution is 2.27. The molecular formula is C19H17N5O4S. The van der Waals surface area contributed by atoms with Crippen LogP contribution in [-0.4, -0.2) is 33.7 Å². The van der Waals surface area contributed by atoms with E-state index in [1.807, 2.05) is 0 Å². The summed E-state index contributed by atoms with van der Waals surface area (Å²) in [5.74, 6) is -0.318. The third kappa shape index (κ3) is 5.42. The first kappa shape index (κ1) is 20.1. The molecule has 2 aromatic heterocycles. The molecule has 0 aliphatic carbocycles. The van der Waals surface area contributed by atoms with Crippen molar-refractivity contribution in [3.63, 3.8) is 0 Å². The smallest absolute Gasteiger partial charge is 0.311 e. The monoisotopic (exact) mass is 411 g/mol. The quantitative estimate of drug-likeness (QED) is 0.260. The molecule has 0 aliphatic rings. The molecule has 0 bridgehead atoms. The van der Waals surface area contributed by atoms with Crippen LogP contribution in [0.25, 0.3) is 11.3 Å². The number of ether oxygens (including phenoxy) is 1. The average Bonchev–Trinajstić information content (AvgIpc) is 3.15. The van der Waals surface area contributed by atoms with E-state index in [0.717, 1.165) is 5.56 Å². The van der Waals surface area contributed by atoms with Crippen molar-refractivity contribution < 1.29 is 14.5 Å². The number of nitro groups is 1. The molecule has 0 saturated carbocycles. The SMILES string of the molecule is CCOC(=O)Cc1csc(NN=Cc2ccc(-c3ncccc3[N+](=O)[O-])cc2)n1. The fraction of sp³-hybridized carbons (Fsp3) is 0.158. The highest BCUT2D eigenvalue weighted by Gasteiger charge is 2.15. The van der Waals surface area contributed by atoms with Crippen molar-refractivity contribution in [2.45, 2.75) is 13.3 Å². The lowest BCUT2D eigenvalue weighted by molar-refractivity contribution is -0.384. The molecule has 0 aliphatic heterocycles. The first-order valence-corrected chi connectivity index (χ1v) is 9.53. The molecule has 0 atom stereocenters. The van der Waals surface area contributed by atoms with Gasteiger partial charge in [0.2, 0.25) is 5.13 Å². The van der Waals surface area contributed by atoms with Crippen molar-refractivity contribution in [3.8, 4) is 11.3 Å². The fourth-order valence-corrected chi connectivity index (χ4v) is 3.11. The van der Waals surface area contributed by atoms with Crippen LogP contribution in [0.1, 0.15) is 18.2 Å². The number of nitrogens with one attached hydrogen (secondary N) is 1. The normalized spacial score (nSPS) is 10.8. The van der Waals surface area contributed by atoms with E-state index in [9.17, 15) is 14.9 Å². The van der Waals surface area contributed by atoms with Gasteiger partial charge in [0.1, 0.15) is 5.69 Å². The molecule has 148 valence electrons. The number of aromatic nitrogens is 2. The highest BCUT2D eigenvalue weighted by molar-refractivity contribution is 7.13. The Labute approximate surface area is 170 Å². The van der Waals surface area contributed by atoms with Crippen LogP contribution in [-0.2, 0) is 16.0 Å². The van der Waals surface area contributed by atoms with Crippen LogP contribution in [0.2, 0.25) is 0 Å². The van der Waals surface area contributed by atoms with Gasteiger partial charge in [0, 0.05) is 23.2 Å². The Kier molecular flexibility index (Phi) is 6.59. The van der Waals surface area contributed by atoms with E-state index in [4.69, 9.17) is 4.74 Å². The van der Waals surface area contributed by atoms with Crippen molar-refractivity contribution in [1.82, 2.24) is 9.97 Å². The number of hydrogen-bond donors (Lipinski definition) is 1. The van der Waals surface area contributed by atoms with Crippen molar-refractivity contribution in [2.24, 2.45) is 5.10 Å². The number of rotatable bonds is 8. The maximum atomic E-state index is 11.5. The summed E-state index contributed by atoms with van der Waals surface area (Å²) in [6.07, 6.45) is 3.24. The zero-order chi connectivity index (χ0) is 20.6. The Balaban J connectivity index is 1.62. The molecule has 2 heterocycles. The van der Waals surface area contributed by atoms with Gasteiger partial charge in [-0.1, -0.05) is 24.3 Å². The molecular weight excluding hydrogens is 394 g/mol. The number of anilines is 1. The van der Waals surface area contributed by atoms with E-state index in [1.165, 1.54) is 29.7 Å². The first-order valence-electron chi connectivity index (χ1n) is 8.65. The largest absolute Gasteiger partial charge is 0.466 e. The third-order valence-electron chi connectivity index (χ3n) is 3.72. The van der Waals surface area contributed by atoms with E-state index in [0.29, 0.717) is 28.7 Å². The van der Waals surface area contributed by atoms with E-state index in [1.54, 1.807) is 42.8 Å². The summed E-state index contributed by atoms with van der Waals surface area (Å²) < 4.78 is 4.89. The topological polar surface area (TPSA) is 120 Å². The summed E-state index contributed by atoms with van der Waals surface area (Å²) in [6, 6.07) is 10.0. The maximum absolute atomic E-state index is 11.5. The molecule has 29 heavy (non-hydrogen) atoms. The molecule has 0 saturated heterocycles. The molecule has 0 fully saturated rings. The maximum Gasteiger partial charge on any atom is 0.311 e. The molecule has 10 heteroatoms. The van der Waals surface area contributed by atoms with Crippen LogP contribution in [0.4, 0.5) is 10.8 Å². The number of thiazole rings is 1. The van der Waals surface area contributed by atoms with Gasteiger partial charge in [-0.15, -0.1) is 11.3 Å². The minimum absolute atomic E-state index is 0.0435. The number of nitrogens with zero attached hydrogens (tertiary/aromatic N) is 4. The van der Waals surface area contributed by atoms with Gasteiger partial charge < -0.3 is 4.74 Å². The van der Waals surface area contributed by atoms with Crippen LogP contribution in [0.5, 0.6) is 0 Å². The van der Waals surface area contributed by atoms with Gasteiger partial charge in [-0.3, -0.25) is 20.3 Å². The van der Waals surface area contributed by atoms with Gasteiger partial charge in [-0.05, 0) is 18.6 Å². The van der Waals surface area contributed by atoms with Gasteiger partial charge in [0.15, 0.2) is 0 Å². The van der Waals surface area contributed by atoms with Crippen molar-refractivity contribution >= 4 is 34.3 Å². The van der Waals surface area contributed by atoms with Crippen LogP contribution < -0.4 is 5.43 Å². The van der Waals surface area contributed by atoms with Crippen molar-refractivity contribution in [2.75, 3.05) is 12.0 Å². The number of carbonyl (C=O) groups excluding carboxylic acids is 1. The predicted molar refractivity (Wildman–Crippen MR) is 110 cm³/mol. The second kappa shape index (κ2) is 9.51. The van der Waals surface area contributed by atoms with Crippen LogP contribution >= 0.6 is 11.3 Å². The molecule has 0 unspecified atom stereocenters. The first-order chi connectivity index (χ1) is 14.1. The van der Waals surface area contributed by atoms with Crippen LogP contribution in [0.15, 0.2) is 53.1 Å². The van der Waals surface area contributed by atoms with Crippen molar-refractivity contribution in [1.29, 1.82) is 0 Å². The minimum Gasteiger partial charge on any atom is -0.466 e. The molecule has 1 aromatic carbocycles. The Morgan fingerprint density at radius 3 is 2.86 bits per heavy atom. The van der Waals surface area contributed by atoms with Gasteiger partial charge in [0.05, 0.1) is 29.9 Å². The van der Waals surface area contributed by atoms with Crippen LogP contribution in [0, 0.1) is 10.1 Å². The summed E-state index contributed by atoms with van der Waals surface area (Å²) >= 11 is 1.33. The number of hydrazone groups is 1. The van der Waals surface area contributed by atoms with Gasteiger partial charge in [-0.2, -0.15) is 5.10 Å². The van der Waals surface area contributed by atoms with Gasteiger partial charge in [-0.25, -0.2) is 9.97 Å². The summed E-state index contributed by atoms with van der Waals surface area (Å²) in [5, 5.41) is 17.6. The lowest BCUT2D eigenvalue weighted by atomic mass is 10.1. The summed E-state index contributed by atoms with van der Waals surface area (Å²) in [4.78, 5) is 30.5. The lowest BCUT2D eigenvalue weighted by Gasteiger charge is -2.02. The van der Waals surface area contributed by atoms with E-state index < -0.39 is 4.92 Å². The lowest BCUT2D eigenvalue weighted by Crippen LogP contribution is -2.07. The standard InChI is InChI=1S/C19H17N5O4S/c1-2-28-17(25)10-15-12-29-19(22-15)23-21-11-13-5-7-14(8-6-13)18-16(24(26)27)4-3-9-20-18/h3-9,11-12H,2,10H2,1H3,(H,22,23). The third-order valence-corrected chi connectivity index (χ3v) is 4.52. The molecule has 3 rings (SSSR count). The Morgan fingerprint density at radius 1 is 1.34 bits per heavy atom. The summed E-state index contributed by atoms with van der Waals surface area (Å²) in [5.41, 5.74) is 5.14. The zero-order valence-corrected chi connectivity index (χ0v) is 16.3. The number of esters is 1. The van der Waals surface area contributed by atoms with Gasteiger partial charge >= 0.3 is 5.97 Å². The van der Waals surface area contributed by atoms with E-state index >= 15 is 0 Å². The van der Waals surface area contributed by atoms with E-state index in [2.05, 4.69) is 20.5 Å². The molecule has 0 amide bonds. The number of pyridine rings is 1. The average molecular weight is 411 g/mol. The molecule has 3 aromatic rings. The molecule has 9 nitrogen and oxygen atoms in total. The number of benzene rings is 1. The summed E-state index contributed by atoms with van der Waals surface area (Å²) in [6.45, 7) is 2.09. The molecule has 0 spiro atoms. The number of carbonyl (C=O) groups is 1. The second-order valence-electron chi connectivity index (χ2n) is 5.75. The Hall–Kier alpha value is -3.66. The van der Waals surface area contributed by atoms with E-state index in [-0.39, 0.29) is 18.1 Å². The predicted octanol–water partition coefficient (Wildman–Crippen LogP) is 3.66. The molecule has 0 radical (unpaired) electrons. The Bertz CT molecular complexity index is 1030.